The minimum Gasteiger partial charge on any atom is -0.399 e. The lowest BCUT2D eigenvalue weighted by atomic mass is 10.1. The van der Waals surface area contributed by atoms with E-state index in [0.29, 0.717) is 18.2 Å². The van der Waals surface area contributed by atoms with Crippen molar-refractivity contribution in [2.45, 2.75) is 26.2 Å². The van der Waals surface area contributed by atoms with Crippen molar-refractivity contribution in [3.63, 3.8) is 0 Å². The van der Waals surface area contributed by atoms with Gasteiger partial charge in [-0.05, 0) is 36.1 Å². The smallest absolute Gasteiger partial charge is 0.271 e. The molecule has 0 radical (unpaired) electrons. The van der Waals surface area contributed by atoms with E-state index in [0.717, 1.165) is 23.4 Å². The van der Waals surface area contributed by atoms with Crippen LogP contribution in [0.3, 0.4) is 0 Å². The zero-order valence-corrected chi connectivity index (χ0v) is 12.8. The number of nitrogens with one attached hydrogen (secondary N) is 1. The van der Waals surface area contributed by atoms with E-state index in [1.165, 1.54) is 0 Å². The van der Waals surface area contributed by atoms with E-state index in [2.05, 4.69) is 24.3 Å². The zero-order valence-electron chi connectivity index (χ0n) is 12.8. The van der Waals surface area contributed by atoms with E-state index in [4.69, 9.17) is 5.73 Å². The number of hydrogen-bond acceptors (Lipinski definition) is 3. The van der Waals surface area contributed by atoms with E-state index in [1.54, 1.807) is 4.68 Å². The summed E-state index contributed by atoms with van der Waals surface area (Å²) < 4.78 is 1.76. The van der Waals surface area contributed by atoms with E-state index in [9.17, 15) is 4.79 Å². The molecule has 1 aromatic carbocycles. The maximum atomic E-state index is 12.1. The largest absolute Gasteiger partial charge is 0.399 e. The molecule has 5 nitrogen and oxygen atoms in total. The Morgan fingerprint density at radius 1 is 1.33 bits per heavy atom. The molecule has 0 bridgehead atoms. The fraction of sp³-hybridized carbons (Fsp3) is 0.375. The monoisotopic (exact) mass is 286 g/mol. The summed E-state index contributed by atoms with van der Waals surface area (Å²) in [5, 5.41) is 7.15. The first-order valence-corrected chi connectivity index (χ1v) is 7.14. The first kappa shape index (κ1) is 15.1. The average molecular weight is 286 g/mol. The molecule has 1 aromatic heterocycles. The Balaban J connectivity index is 1.90. The summed E-state index contributed by atoms with van der Waals surface area (Å²) >= 11 is 0. The molecule has 21 heavy (non-hydrogen) atoms. The molecule has 3 N–H and O–H groups in total. The van der Waals surface area contributed by atoms with E-state index in [1.807, 2.05) is 37.4 Å². The van der Waals surface area contributed by atoms with Gasteiger partial charge in [-0.1, -0.05) is 26.0 Å². The molecule has 1 heterocycles. The second-order valence-electron chi connectivity index (χ2n) is 5.48. The molecular weight excluding hydrogens is 264 g/mol. The van der Waals surface area contributed by atoms with Gasteiger partial charge in [-0.3, -0.25) is 9.48 Å². The summed E-state index contributed by atoms with van der Waals surface area (Å²) in [6.07, 6.45) is 0.774. The van der Waals surface area contributed by atoms with E-state index >= 15 is 0 Å². The van der Waals surface area contributed by atoms with E-state index in [-0.39, 0.29) is 5.91 Å². The van der Waals surface area contributed by atoms with Gasteiger partial charge in [-0.15, -0.1) is 0 Å². The number of nitrogens with two attached hydrogens (primary N) is 1. The third kappa shape index (κ3) is 3.84. The molecule has 0 saturated heterocycles. The van der Waals surface area contributed by atoms with Crippen LogP contribution < -0.4 is 11.1 Å². The molecule has 112 valence electrons. The normalized spacial score (nSPS) is 10.9. The minimum absolute atomic E-state index is 0.132. The van der Waals surface area contributed by atoms with Gasteiger partial charge in [0.1, 0.15) is 5.69 Å². The van der Waals surface area contributed by atoms with Crippen molar-refractivity contribution in [1.82, 2.24) is 15.1 Å². The summed E-state index contributed by atoms with van der Waals surface area (Å²) in [7, 11) is 1.86. The van der Waals surface area contributed by atoms with Gasteiger partial charge in [0.05, 0.1) is 0 Å². The molecule has 0 saturated carbocycles. The van der Waals surface area contributed by atoms with Crippen LogP contribution in [0.5, 0.6) is 0 Å². The van der Waals surface area contributed by atoms with Crippen molar-refractivity contribution in [2.24, 2.45) is 7.05 Å². The van der Waals surface area contributed by atoms with Crippen molar-refractivity contribution in [3.05, 3.63) is 47.3 Å². The van der Waals surface area contributed by atoms with Crippen LogP contribution in [0.1, 0.15) is 41.5 Å². The van der Waals surface area contributed by atoms with Crippen LogP contribution in [0.25, 0.3) is 0 Å². The summed E-state index contributed by atoms with van der Waals surface area (Å²) in [4.78, 5) is 12.1. The maximum absolute atomic E-state index is 12.1. The third-order valence-electron chi connectivity index (χ3n) is 3.42. The Morgan fingerprint density at radius 2 is 2.00 bits per heavy atom. The highest BCUT2D eigenvalue weighted by Crippen LogP contribution is 2.14. The highest BCUT2D eigenvalue weighted by molar-refractivity contribution is 5.92. The van der Waals surface area contributed by atoms with Crippen LogP contribution in [-0.2, 0) is 13.5 Å². The molecule has 0 fully saturated rings. The quantitative estimate of drug-likeness (QED) is 0.827. The van der Waals surface area contributed by atoms with Gasteiger partial charge >= 0.3 is 0 Å². The Hall–Kier alpha value is -2.30. The molecule has 0 atom stereocenters. The van der Waals surface area contributed by atoms with Gasteiger partial charge in [-0.25, -0.2) is 0 Å². The minimum atomic E-state index is -0.132. The Bertz CT molecular complexity index is 614. The van der Waals surface area contributed by atoms with Gasteiger partial charge in [0, 0.05) is 25.0 Å². The van der Waals surface area contributed by atoms with Crippen LogP contribution in [0.2, 0.25) is 0 Å². The van der Waals surface area contributed by atoms with Gasteiger partial charge in [-0.2, -0.15) is 5.10 Å². The number of benzene rings is 1. The lowest BCUT2D eigenvalue weighted by Gasteiger charge is -2.04. The first-order valence-electron chi connectivity index (χ1n) is 7.14. The average Bonchev–Trinajstić information content (AvgIpc) is 2.83. The molecule has 0 aliphatic heterocycles. The summed E-state index contributed by atoms with van der Waals surface area (Å²) in [5.41, 5.74) is 9.06. The number of nitrogens with zero attached hydrogens (tertiary/aromatic N) is 2. The summed E-state index contributed by atoms with van der Waals surface area (Å²) in [6, 6.07) is 9.52. The summed E-state index contributed by atoms with van der Waals surface area (Å²) in [5.74, 6) is 0.215. The van der Waals surface area contributed by atoms with Crippen LogP contribution in [0, 0.1) is 0 Å². The fourth-order valence-electron chi connectivity index (χ4n) is 2.23. The van der Waals surface area contributed by atoms with Gasteiger partial charge in [0.15, 0.2) is 0 Å². The number of aryl methyl sites for hydroxylation is 1. The number of anilines is 1. The highest BCUT2D eigenvalue weighted by atomic mass is 16.1. The van der Waals surface area contributed by atoms with Crippen molar-refractivity contribution < 1.29 is 4.79 Å². The molecule has 0 unspecified atom stereocenters. The van der Waals surface area contributed by atoms with Gasteiger partial charge < -0.3 is 11.1 Å². The SMILES string of the molecule is CC(C)c1cc(C(=O)NCCc2ccc(N)cc2)nn1C. The molecule has 0 aliphatic carbocycles. The fourth-order valence-corrected chi connectivity index (χ4v) is 2.23. The highest BCUT2D eigenvalue weighted by Gasteiger charge is 2.14. The standard InChI is InChI=1S/C16H22N4O/c1-11(2)15-10-14(19-20(15)3)16(21)18-9-8-12-4-6-13(17)7-5-12/h4-7,10-11H,8-9,17H2,1-3H3,(H,18,21). The molecule has 5 heteroatoms. The maximum Gasteiger partial charge on any atom is 0.271 e. The molecule has 1 amide bonds. The van der Waals surface area contributed by atoms with Crippen LogP contribution >= 0.6 is 0 Å². The first-order chi connectivity index (χ1) is 9.97. The van der Waals surface area contributed by atoms with Crippen molar-refractivity contribution in [1.29, 1.82) is 0 Å². The predicted octanol–water partition coefficient (Wildman–Crippen LogP) is 2.10. The number of nitrogen functional groups attached to an aromatic ring is 1. The van der Waals surface area contributed by atoms with Crippen LogP contribution in [0.15, 0.2) is 30.3 Å². The third-order valence-corrected chi connectivity index (χ3v) is 3.42. The van der Waals surface area contributed by atoms with Crippen LogP contribution in [0.4, 0.5) is 5.69 Å². The molecule has 0 spiro atoms. The van der Waals surface area contributed by atoms with E-state index < -0.39 is 0 Å². The van der Waals surface area contributed by atoms with Gasteiger partial charge in [0.2, 0.25) is 0 Å². The lowest BCUT2D eigenvalue weighted by molar-refractivity contribution is 0.0948. The predicted molar refractivity (Wildman–Crippen MR) is 84.2 cm³/mol. The number of carbonyl (C=O) groups is 1. The number of carbonyl (C=O) groups excluding carboxylic acids is 1. The molecular formula is C16H22N4O. The van der Waals surface area contributed by atoms with Crippen LogP contribution in [-0.4, -0.2) is 22.2 Å². The number of hydrogen-bond donors (Lipinski definition) is 2. The van der Waals surface area contributed by atoms with Crippen molar-refractivity contribution in [2.75, 3.05) is 12.3 Å². The molecule has 2 rings (SSSR count). The Labute approximate surface area is 125 Å². The zero-order chi connectivity index (χ0) is 15.4. The molecule has 2 aromatic rings. The number of amides is 1. The van der Waals surface area contributed by atoms with Crippen molar-refractivity contribution in [3.8, 4) is 0 Å². The lowest BCUT2D eigenvalue weighted by Crippen LogP contribution is -2.26. The van der Waals surface area contributed by atoms with Gasteiger partial charge in [0.25, 0.3) is 5.91 Å². The number of rotatable bonds is 5. The second kappa shape index (κ2) is 6.43. The summed E-state index contributed by atoms with van der Waals surface area (Å²) in [6.45, 7) is 4.75. The second-order valence-corrected chi connectivity index (χ2v) is 5.48. The topological polar surface area (TPSA) is 72.9 Å². The number of aromatic nitrogens is 2. The van der Waals surface area contributed by atoms with Crippen molar-refractivity contribution >= 4 is 11.6 Å². The Kier molecular flexibility index (Phi) is 4.62. The molecule has 0 aliphatic rings. The Morgan fingerprint density at radius 3 is 2.57 bits per heavy atom.